The molecule has 0 saturated heterocycles. The monoisotopic (exact) mass is 360 g/mol. The molecular weight excluding hydrogens is 344 g/mol. The molecule has 0 unspecified atom stereocenters. The smallest absolute Gasteiger partial charge is 0.433 e. The Kier molecular flexibility index (Phi) is 6.20. The SMILES string of the molecule is CC(=O)[C@H](Cc1ccccc1)NC(=O)COC(=O)c1ccc([N+](=O)[O-])o1. The van der Waals surface area contributed by atoms with Gasteiger partial charge in [0.2, 0.25) is 5.76 Å². The first-order valence-corrected chi connectivity index (χ1v) is 7.62. The Morgan fingerprint density at radius 2 is 1.88 bits per heavy atom. The lowest BCUT2D eigenvalue weighted by atomic mass is 10.0. The first kappa shape index (κ1) is 18.8. The van der Waals surface area contributed by atoms with Crippen molar-refractivity contribution in [3.8, 4) is 0 Å². The Labute approximate surface area is 148 Å². The number of nitrogens with one attached hydrogen (secondary N) is 1. The Morgan fingerprint density at radius 3 is 2.46 bits per heavy atom. The number of carbonyl (C=O) groups excluding carboxylic acids is 3. The minimum atomic E-state index is -1.02. The van der Waals surface area contributed by atoms with Crippen molar-refractivity contribution in [2.45, 2.75) is 19.4 Å². The summed E-state index contributed by atoms with van der Waals surface area (Å²) in [7, 11) is 0. The van der Waals surface area contributed by atoms with E-state index in [2.05, 4.69) is 9.73 Å². The highest BCUT2D eigenvalue weighted by Gasteiger charge is 2.21. The van der Waals surface area contributed by atoms with E-state index < -0.39 is 41.1 Å². The van der Waals surface area contributed by atoms with E-state index in [0.717, 1.165) is 17.7 Å². The lowest BCUT2D eigenvalue weighted by Gasteiger charge is -2.16. The van der Waals surface area contributed by atoms with Crippen LogP contribution in [0.5, 0.6) is 0 Å². The molecular formula is C17H16N2O7. The predicted molar refractivity (Wildman–Crippen MR) is 88.4 cm³/mol. The quantitative estimate of drug-likeness (QED) is 0.430. The summed E-state index contributed by atoms with van der Waals surface area (Å²) in [5.74, 6) is -2.93. The molecule has 0 aliphatic rings. The van der Waals surface area contributed by atoms with Crippen molar-refractivity contribution in [2.24, 2.45) is 0 Å². The van der Waals surface area contributed by atoms with Gasteiger partial charge in [0.05, 0.1) is 12.1 Å². The predicted octanol–water partition coefficient (Wildman–Crippen LogP) is 1.66. The van der Waals surface area contributed by atoms with E-state index in [1.807, 2.05) is 30.3 Å². The minimum Gasteiger partial charge on any atom is -0.450 e. The zero-order chi connectivity index (χ0) is 19.1. The average molecular weight is 360 g/mol. The maximum Gasteiger partial charge on any atom is 0.433 e. The fraction of sp³-hybridized carbons (Fsp3) is 0.235. The van der Waals surface area contributed by atoms with E-state index in [9.17, 15) is 24.5 Å². The molecule has 136 valence electrons. The van der Waals surface area contributed by atoms with Crippen LogP contribution in [0.2, 0.25) is 0 Å². The summed E-state index contributed by atoms with van der Waals surface area (Å²) in [6, 6.07) is 10.4. The number of esters is 1. The fourth-order valence-electron chi connectivity index (χ4n) is 2.12. The van der Waals surface area contributed by atoms with E-state index >= 15 is 0 Å². The summed E-state index contributed by atoms with van der Waals surface area (Å²) in [6.07, 6.45) is 0.306. The van der Waals surface area contributed by atoms with Gasteiger partial charge in [-0.2, -0.15) is 0 Å². The molecule has 0 spiro atoms. The van der Waals surface area contributed by atoms with Gasteiger partial charge in [0.1, 0.15) is 4.92 Å². The third kappa shape index (κ3) is 5.26. The maximum absolute atomic E-state index is 11.9. The van der Waals surface area contributed by atoms with E-state index in [0.29, 0.717) is 6.42 Å². The van der Waals surface area contributed by atoms with Crippen molar-refractivity contribution in [1.29, 1.82) is 0 Å². The molecule has 0 aliphatic heterocycles. The second-order valence-corrected chi connectivity index (χ2v) is 5.39. The lowest BCUT2D eigenvalue weighted by Crippen LogP contribution is -2.43. The highest BCUT2D eigenvalue weighted by atomic mass is 16.7. The summed E-state index contributed by atoms with van der Waals surface area (Å²) >= 11 is 0. The van der Waals surface area contributed by atoms with Crippen molar-refractivity contribution in [1.82, 2.24) is 5.32 Å². The van der Waals surface area contributed by atoms with E-state index in [-0.39, 0.29) is 5.78 Å². The number of nitro groups is 1. The molecule has 1 amide bonds. The number of benzene rings is 1. The van der Waals surface area contributed by atoms with Crippen molar-refractivity contribution in [2.75, 3.05) is 6.61 Å². The minimum absolute atomic E-state index is 0.241. The summed E-state index contributed by atoms with van der Waals surface area (Å²) in [5.41, 5.74) is 0.868. The van der Waals surface area contributed by atoms with Crippen LogP contribution in [-0.4, -0.2) is 35.2 Å². The highest BCUT2D eigenvalue weighted by molar-refractivity contribution is 5.91. The zero-order valence-electron chi connectivity index (χ0n) is 13.8. The molecule has 2 aromatic rings. The third-order valence-electron chi connectivity index (χ3n) is 3.42. The molecule has 0 fully saturated rings. The van der Waals surface area contributed by atoms with Gasteiger partial charge >= 0.3 is 11.9 Å². The molecule has 1 aromatic heterocycles. The summed E-state index contributed by atoms with van der Waals surface area (Å²) < 4.78 is 9.41. The topological polar surface area (TPSA) is 129 Å². The molecule has 0 radical (unpaired) electrons. The Morgan fingerprint density at radius 1 is 1.19 bits per heavy atom. The summed E-state index contributed by atoms with van der Waals surface area (Å²) in [6.45, 7) is 0.702. The zero-order valence-corrected chi connectivity index (χ0v) is 13.8. The van der Waals surface area contributed by atoms with Crippen LogP contribution in [0, 0.1) is 10.1 Å². The van der Waals surface area contributed by atoms with Crippen LogP contribution in [0.3, 0.4) is 0 Å². The second-order valence-electron chi connectivity index (χ2n) is 5.39. The Bertz CT molecular complexity index is 814. The lowest BCUT2D eigenvalue weighted by molar-refractivity contribution is -0.402. The van der Waals surface area contributed by atoms with Gasteiger partial charge in [-0.05, 0) is 25.0 Å². The van der Waals surface area contributed by atoms with Crippen molar-refractivity contribution < 1.29 is 28.5 Å². The van der Waals surface area contributed by atoms with Gasteiger partial charge < -0.3 is 14.5 Å². The van der Waals surface area contributed by atoms with Crippen LogP contribution in [0.4, 0.5) is 5.88 Å². The Balaban J connectivity index is 1.88. The van der Waals surface area contributed by atoms with Gasteiger partial charge in [0.15, 0.2) is 12.4 Å². The molecule has 9 nitrogen and oxygen atoms in total. The van der Waals surface area contributed by atoms with Crippen LogP contribution >= 0.6 is 0 Å². The number of ether oxygens (including phenoxy) is 1. The molecule has 1 heterocycles. The maximum atomic E-state index is 11.9. The van der Waals surface area contributed by atoms with E-state index in [4.69, 9.17) is 4.74 Å². The van der Waals surface area contributed by atoms with Gasteiger partial charge in [-0.1, -0.05) is 30.3 Å². The summed E-state index contributed by atoms with van der Waals surface area (Å²) in [5, 5.41) is 13.0. The van der Waals surface area contributed by atoms with Crippen molar-refractivity contribution >= 4 is 23.5 Å². The number of Topliss-reactive ketones (excluding diaryl/α,β-unsaturated/α-hetero) is 1. The van der Waals surface area contributed by atoms with E-state index in [1.165, 1.54) is 6.92 Å². The first-order valence-electron chi connectivity index (χ1n) is 7.62. The van der Waals surface area contributed by atoms with Crippen molar-refractivity contribution in [3.05, 3.63) is 63.9 Å². The number of hydrogen-bond acceptors (Lipinski definition) is 7. The molecule has 1 aromatic carbocycles. The van der Waals surface area contributed by atoms with Gasteiger partial charge in [-0.15, -0.1) is 0 Å². The van der Waals surface area contributed by atoms with E-state index in [1.54, 1.807) is 0 Å². The van der Waals surface area contributed by atoms with Gasteiger partial charge in [-0.3, -0.25) is 19.7 Å². The third-order valence-corrected chi connectivity index (χ3v) is 3.42. The molecule has 9 heteroatoms. The van der Waals surface area contributed by atoms with Gasteiger partial charge in [0.25, 0.3) is 5.91 Å². The molecule has 26 heavy (non-hydrogen) atoms. The number of amides is 1. The van der Waals surface area contributed by atoms with Gasteiger partial charge in [-0.25, -0.2) is 4.79 Å². The average Bonchev–Trinajstić information content (AvgIpc) is 3.10. The van der Waals surface area contributed by atoms with Crippen LogP contribution in [-0.2, 0) is 20.7 Å². The van der Waals surface area contributed by atoms with Gasteiger partial charge in [0, 0.05) is 0 Å². The normalized spacial score (nSPS) is 11.4. The first-order chi connectivity index (χ1) is 12.4. The molecule has 0 bridgehead atoms. The number of rotatable bonds is 8. The largest absolute Gasteiger partial charge is 0.450 e. The molecule has 2 rings (SSSR count). The van der Waals surface area contributed by atoms with Crippen molar-refractivity contribution in [3.63, 3.8) is 0 Å². The summed E-state index contributed by atoms with van der Waals surface area (Å²) in [4.78, 5) is 45.0. The Hall–Kier alpha value is -3.49. The van der Waals surface area contributed by atoms with Crippen LogP contribution in [0.15, 0.2) is 46.9 Å². The molecule has 1 atom stereocenters. The highest BCUT2D eigenvalue weighted by Crippen LogP contribution is 2.16. The molecule has 1 N–H and O–H groups in total. The second kappa shape index (κ2) is 8.56. The number of hydrogen-bond donors (Lipinski definition) is 1. The van der Waals surface area contributed by atoms with Crippen LogP contribution in [0.1, 0.15) is 23.0 Å². The standard InChI is InChI=1S/C17H16N2O7/c1-11(20)13(9-12-5-3-2-4-6-12)18-15(21)10-25-17(22)14-7-8-16(26-14)19(23)24/h2-8,13H,9-10H2,1H3,(H,18,21)/t13-/m0/s1. The molecule has 0 saturated carbocycles. The van der Waals surface area contributed by atoms with Crippen LogP contribution < -0.4 is 5.32 Å². The molecule has 0 aliphatic carbocycles. The van der Waals surface area contributed by atoms with Crippen LogP contribution in [0.25, 0.3) is 0 Å². The number of nitrogens with zero attached hydrogens (tertiary/aromatic N) is 1. The fourth-order valence-corrected chi connectivity index (χ4v) is 2.12. The number of furan rings is 1. The number of carbonyl (C=O) groups is 3. The number of ketones is 1.